The lowest BCUT2D eigenvalue weighted by atomic mass is 10.1. The van der Waals surface area contributed by atoms with E-state index < -0.39 is 0 Å². The van der Waals surface area contributed by atoms with E-state index in [4.69, 9.17) is 10.7 Å². The first-order valence-electron chi connectivity index (χ1n) is 8.01. The molecule has 3 heteroatoms. The molecular formula is C17H27N3. The molecule has 0 spiro atoms. The first kappa shape index (κ1) is 15.0. The predicted molar refractivity (Wildman–Crippen MR) is 85.7 cm³/mol. The van der Waals surface area contributed by atoms with E-state index in [0.29, 0.717) is 6.54 Å². The van der Waals surface area contributed by atoms with Gasteiger partial charge in [-0.2, -0.15) is 0 Å². The first-order chi connectivity index (χ1) is 9.85. The fraction of sp³-hybridized carbons (Fsp3) is 0.588. The van der Waals surface area contributed by atoms with Crippen molar-refractivity contribution in [1.82, 2.24) is 9.97 Å². The van der Waals surface area contributed by atoms with Crippen LogP contribution in [0, 0.1) is 0 Å². The summed E-state index contributed by atoms with van der Waals surface area (Å²) in [6, 6.07) is 6.18. The van der Waals surface area contributed by atoms with E-state index in [-0.39, 0.29) is 0 Å². The maximum Gasteiger partial charge on any atom is 0.107 e. The van der Waals surface area contributed by atoms with Crippen molar-refractivity contribution in [2.24, 2.45) is 5.73 Å². The molecule has 1 aromatic heterocycles. The van der Waals surface area contributed by atoms with Crippen LogP contribution in [0.1, 0.15) is 63.3 Å². The molecule has 0 aliphatic rings. The topological polar surface area (TPSA) is 54.7 Å². The molecule has 110 valence electrons. The molecular weight excluding hydrogens is 246 g/mol. The van der Waals surface area contributed by atoms with E-state index in [2.05, 4.69) is 24.0 Å². The summed E-state index contributed by atoms with van der Waals surface area (Å²) >= 11 is 0. The van der Waals surface area contributed by atoms with Gasteiger partial charge >= 0.3 is 0 Å². The van der Waals surface area contributed by atoms with Gasteiger partial charge in [0, 0.05) is 13.0 Å². The van der Waals surface area contributed by atoms with E-state index in [0.717, 1.165) is 28.8 Å². The summed E-state index contributed by atoms with van der Waals surface area (Å²) in [4.78, 5) is 8.11. The lowest BCUT2D eigenvalue weighted by Crippen LogP contribution is -1.96. The van der Waals surface area contributed by atoms with E-state index in [1.54, 1.807) is 0 Å². The monoisotopic (exact) mass is 273 g/mol. The highest BCUT2D eigenvalue weighted by Crippen LogP contribution is 2.17. The largest absolute Gasteiger partial charge is 0.342 e. The van der Waals surface area contributed by atoms with E-state index in [1.807, 2.05) is 6.07 Å². The number of imidazole rings is 1. The van der Waals surface area contributed by atoms with Crippen LogP contribution in [0.4, 0.5) is 0 Å². The minimum Gasteiger partial charge on any atom is -0.342 e. The third-order valence-corrected chi connectivity index (χ3v) is 3.88. The van der Waals surface area contributed by atoms with E-state index >= 15 is 0 Å². The molecule has 0 atom stereocenters. The van der Waals surface area contributed by atoms with Crippen LogP contribution in [0.2, 0.25) is 0 Å². The Morgan fingerprint density at radius 3 is 2.55 bits per heavy atom. The van der Waals surface area contributed by atoms with Crippen LogP contribution in [-0.2, 0) is 13.0 Å². The second kappa shape index (κ2) is 8.05. The number of aromatic amines is 1. The van der Waals surface area contributed by atoms with Gasteiger partial charge in [0.15, 0.2) is 0 Å². The molecule has 1 heterocycles. The molecule has 20 heavy (non-hydrogen) atoms. The van der Waals surface area contributed by atoms with Gasteiger partial charge < -0.3 is 10.7 Å². The fourth-order valence-electron chi connectivity index (χ4n) is 2.68. The molecule has 0 bridgehead atoms. The SMILES string of the molecule is CCCCCCCCCc1nc2c(CN)cccc2[nH]1. The number of benzene rings is 1. The van der Waals surface area contributed by atoms with Gasteiger partial charge in [0.05, 0.1) is 11.0 Å². The molecule has 0 amide bonds. The first-order valence-corrected chi connectivity index (χ1v) is 8.01. The summed E-state index contributed by atoms with van der Waals surface area (Å²) in [7, 11) is 0. The molecule has 0 aliphatic heterocycles. The van der Waals surface area contributed by atoms with Crippen molar-refractivity contribution in [3.05, 3.63) is 29.6 Å². The van der Waals surface area contributed by atoms with Crippen LogP contribution in [0.15, 0.2) is 18.2 Å². The van der Waals surface area contributed by atoms with Crippen LogP contribution in [0.3, 0.4) is 0 Å². The molecule has 2 aromatic rings. The van der Waals surface area contributed by atoms with Crippen molar-refractivity contribution in [2.75, 3.05) is 0 Å². The fourth-order valence-corrected chi connectivity index (χ4v) is 2.68. The van der Waals surface area contributed by atoms with Gasteiger partial charge in [-0.25, -0.2) is 4.98 Å². The minimum absolute atomic E-state index is 0.555. The zero-order chi connectivity index (χ0) is 14.2. The lowest BCUT2D eigenvalue weighted by Gasteiger charge is -1.99. The van der Waals surface area contributed by atoms with Crippen LogP contribution >= 0.6 is 0 Å². The standard InChI is InChI=1S/C17H27N3/c1-2-3-4-5-6-7-8-12-16-19-15-11-9-10-14(13-18)17(15)20-16/h9-11H,2-8,12-13,18H2,1H3,(H,19,20). The average molecular weight is 273 g/mol. The van der Waals surface area contributed by atoms with Crippen LogP contribution < -0.4 is 5.73 Å². The highest BCUT2D eigenvalue weighted by Gasteiger charge is 2.05. The Morgan fingerprint density at radius 1 is 1.05 bits per heavy atom. The number of aromatic nitrogens is 2. The van der Waals surface area contributed by atoms with Gasteiger partial charge in [0.1, 0.15) is 5.82 Å². The lowest BCUT2D eigenvalue weighted by molar-refractivity contribution is 0.585. The number of nitrogens with zero attached hydrogens (tertiary/aromatic N) is 1. The molecule has 0 radical (unpaired) electrons. The Bertz CT molecular complexity index is 516. The number of para-hydroxylation sites is 1. The molecule has 0 fully saturated rings. The van der Waals surface area contributed by atoms with Crippen molar-refractivity contribution in [1.29, 1.82) is 0 Å². The highest BCUT2D eigenvalue weighted by molar-refractivity contribution is 5.78. The predicted octanol–water partition coefficient (Wildman–Crippen LogP) is 4.31. The van der Waals surface area contributed by atoms with Gasteiger partial charge in [0.25, 0.3) is 0 Å². The van der Waals surface area contributed by atoms with Crippen LogP contribution in [0.25, 0.3) is 11.0 Å². The zero-order valence-electron chi connectivity index (χ0n) is 12.6. The number of fused-ring (bicyclic) bond motifs is 1. The Kier molecular flexibility index (Phi) is 6.06. The zero-order valence-corrected chi connectivity index (χ0v) is 12.6. The second-order valence-corrected chi connectivity index (χ2v) is 5.57. The van der Waals surface area contributed by atoms with Gasteiger partial charge in [-0.1, -0.05) is 57.6 Å². The summed E-state index contributed by atoms with van der Waals surface area (Å²) in [6.07, 6.45) is 10.4. The number of nitrogens with two attached hydrogens (primary N) is 1. The van der Waals surface area contributed by atoms with Gasteiger partial charge in [-0.05, 0) is 18.1 Å². The smallest absolute Gasteiger partial charge is 0.107 e. The number of H-pyrrole nitrogens is 1. The molecule has 0 saturated carbocycles. The molecule has 3 N–H and O–H groups in total. The number of unbranched alkanes of at least 4 members (excludes halogenated alkanes) is 6. The number of rotatable bonds is 9. The Hall–Kier alpha value is -1.35. The highest BCUT2D eigenvalue weighted by atomic mass is 14.9. The van der Waals surface area contributed by atoms with Crippen molar-refractivity contribution < 1.29 is 0 Å². The quantitative estimate of drug-likeness (QED) is 0.669. The maximum atomic E-state index is 5.75. The molecule has 0 aliphatic carbocycles. The second-order valence-electron chi connectivity index (χ2n) is 5.57. The Balaban J connectivity index is 1.79. The summed E-state index contributed by atoms with van der Waals surface area (Å²) < 4.78 is 0. The van der Waals surface area contributed by atoms with Crippen molar-refractivity contribution in [3.63, 3.8) is 0 Å². The summed E-state index contributed by atoms with van der Waals surface area (Å²) in [5.41, 5.74) is 9.05. The van der Waals surface area contributed by atoms with Gasteiger partial charge in [-0.15, -0.1) is 0 Å². The summed E-state index contributed by atoms with van der Waals surface area (Å²) in [6.45, 7) is 2.82. The van der Waals surface area contributed by atoms with Crippen molar-refractivity contribution >= 4 is 11.0 Å². The Labute approximate surface area is 122 Å². The normalized spacial score (nSPS) is 11.3. The minimum atomic E-state index is 0.555. The third kappa shape index (κ3) is 4.07. The third-order valence-electron chi connectivity index (χ3n) is 3.88. The number of nitrogens with one attached hydrogen (secondary N) is 1. The summed E-state index contributed by atoms with van der Waals surface area (Å²) in [5, 5.41) is 0. The number of hydrogen-bond donors (Lipinski definition) is 2. The van der Waals surface area contributed by atoms with E-state index in [1.165, 1.54) is 44.9 Å². The van der Waals surface area contributed by atoms with Crippen LogP contribution in [0.5, 0.6) is 0 Å². The molecule has 0 unspecified atom stereocenters. The molecule has 3 nitrogen and oxygen atoms in total. The molecule has 2 rings (SSSR count). The summed E-state index contributed by atoms with van der Waals surface area (Å²) in [5.74, 6) is 1.11. The van der Waals surface area contributed by atoms with Crippen molar-refractivity contribution in [2.45, 2.75) is 64.8 Å². The van der Waals surface area contributed by atoms with E-state index in [9.17, 15) is 0 Å². The Morgan fingerprint density at radius 2 is 1.80 bits per heavy atom. The number of hydrogen-bond acceptors (Lipinski definition) is 2. The van der Waals surface area contributed by atoms with Crippen molar-refractivity contribution in [3.8, 4) is 0 Å². The van der Waals surface area contributed by atoms with Crippen LogP contribution in [-0.4, -0.2) is 9.97 Å². The average Bonchev–Trinajstić information content (AvgIpc) is 2.89. The maximum absolute atomic E-state index is 5.75. The molecule has 1 aromatic carbocycles. The van der Waals surface area contributed by atoms with Gasteiger partial charge in [-0.3, -0.25) is 0 Å². The number of aryl methyl sites for hydroxylation is 1. The molecule has 0 saturated heterocycles. The van der Waals surface area contributed by atoms with Gasteiger partial charge in [0.2, 0.25) is 0 Å².